The molecule has 3 heteroatoms. The van der Waals surface area contributed by atoms with Crippen molar-refractivity contribution in [3.05, 3.63) is 70.8 Å². The van der Waals surface area contributed by atoms with E-state index in [1.165, 1.54) is 0 Å². The normalized spacial score (nSPS) is 11.3. The van der Waals surface area contributed by atoms with Crippen molar-refractivity contribution in [3.63, 3.8) is 0 Å². The number of rotatable bonds is 4. The fourth-order valence-corrected chi connectivity index (χ4v) is 2.00. The zero-order valence-corrected chi connectivity index (χ0v) is 11.0. The summed E-state index contributed by atoms with van der Waals surface area (Å²) < 4.78 is 0. The molecule has 0 saturated carbocycles. The lowest BCUT2D eigenvalue weighted by molar-refractivity contribution is 0.168. The van der Waals surface area contributed by atoms with E-state index in [2.05, 4.69) is 12.1 Å². The van der Waals surface area contributed by atoms with Gasteiger partial charge in [-0.2, -0.15) is 10.5 Å². The maximum atomic E-state index is 10.1. The molecule has 0 fully saturated rings. The molecule has 0 aliphatic heterocycles. The average molecular weight is 262 g/mol. The Balaban J connectivity index is 1.95. The number of nitriles is 2. The van der Waals surface area contributed by atoms with Crippen molar-refractivity contribution in [1.82, 2.24) is 0 Å². The van der Waals surface area contributed by atoms with Crippen molar-refractivity contribution in [1.29, 1.82) is 10.5 Å². The molecule has 3 nitrogen and oxygen atoms in total. The predicted molar refractivity (Wildman–Crippen MR) is 75.6 cm³/mol. The molecule has 0 spiro atoms. The van der Waals surface area contributed by atoms with Crippen molar-refractivity contribution < 1.29 is 5.11 Å². The summed E-state index contributed by atoms with van der Waals surface area (Å²) in [6.45, 7) is 0. The van der Waals surface area contributed by atoms with Crippen molar-refractivity contribution in [3.8, 4) is 12.1 Å². The molecule has 0 heterocycles. The second-order valence-corrected chi connectivity index (χ2v) is 4.60. The molecule has 2 aromatic rings. The first-order valence-corrected chi connectivity index (χ1v) is 6.40. The van der Waals surface area contributed by atoms with E-state index in [9.17, 15) is 5.11 Å². The first-order valence-electron chi connectivity index (χ1n) is 6.40. The molecule has 0 saturated heterocycles. The Bertz CT molecular complexity index is 645. The Morgan fingerprint density at radius 1 is 0.850 bits per heavy atom. The second kappa shape index (κ2) is 6.52. The number of hydrogen-bond acceptors (Lipinski definition) is 3. The predicted octanol–water partition coefficient (Wildman–Crippen LogP) is 3.10. The molecule has 1 unspecified atom stereocenters. The third-order valence-electron chi connectivity index (χ3n) is 3.21. The van der Waals surface area contributed by atoms with Crippen LogP contribution in [0.3, 0.4) is 0 Å². The Kier molecular flexibility index (Phi) is 4.50. The number of aryl methyl sites for hydroxylation is 1. The van der Waals surface area contributed by atoms with Gasteiger partial charge in [0.1, 0.15) is 0 Å². The fourth-order valence-electron chi connectivity index (χ4n) is 2.00. The van der Waals surface area contributed by atoms with Gasteiger partial charge in [-0.25, -0.2) is 0 Å². The summed E-state index contributed by atoms with van der Waals surface area (Å²) in [6.07, 6.45) is 0.809. The molecule has 0 aromatic heterocycles. The Morgan fingerprint density at radius 2 is 1.35 bits per heavy atom. The van der Waals surface area contributed by atoms with Crippen LogP contribution in [0.2, 0.25) is 0 Å². The summed E-state index contributed by atoms with van der Waals surface area (Å²) >= 11 is 0. The minimum Gasteiger partial charge on any atom is -0.388 e. The van der Waals surface area contributed by atoms with Crippen molar-refractivity contribution in [2.75, 3.05) is 0 Å². The third-order valence-corrected chi connectivity index (χ3v) is 3.21. The Labute approximate surface area is 118 Å². The van der Waals surface area contributed by atoms with Crippen LogP contribution in [0.4, 0.5) is 0 Å². The molecule has 1 atom stereocenters. The fraction of sp³-hybridized carbons (Fsp3) is 0.176. The van der Waals surface area contributed by atoms with Gasteiger partial charge in [-0.3, -0.25) is 0 Å². The first kappa shape index (κ1) is 13.8. The van der Waals surface area contributed by atoms with E-state index in [1.54, 1.807) is 36.4 Å². The van der Waals surface area contributed by atoms with Gasteiger partial charge in [0.15, 0.2) is 0 Å². The van der Waals surface area contributed by atoms with E-state index >= 15 is 0 Å². The second-order valence-electron chi connectivity index (χ2n) is 4.60. The van der Waals surface area contributed by atoms with E-state index in [0.29, 0.717) is 17.5 Å². The minimum absolute atomic E-state index is 0.543. The monoisotopic (exact) mass is 262 g/mol. The topological polar surface area (TPSA) is 67.8 Å². The quantitative estimate of drug-likeness (QED) is 0.920. The molecule has 1 N–H and O–H groups in total. The van der Waals surface area contributed by atoms with Crippen LogP contribution in [-0.4, -0.2) is 5.11 Å². The van der Waals surface area contributed by atoms with E-state index < -0.39 is 6.10 Å². The largest absolute Gasteiger partial charge is 0.388 e. The summed E-state index contributed by atoms with van der Waals surface area (Å²) in [5, 5.41) is 27.6. The summed E-state index contributed by atoms with van der Waals surface area (Å²) in [4.78, 5) is 0. The average Bonchev–Trinajstić information content (AvgIpc) is 2.53. The number of hydrogen-bond donors (Lipinski definition) is 1. The van der Waals surface area contributed by atoms with Gasteiger partial charge < -0.3 is 5.11 Å². The van der Waals surface area contributed by atoms with Crippen molar-refractivity contribution in [2.45, 2.75) is 18.9 Å². The molecule has 0 amide bonds. The number of benzene rings is 2. The zero-order valence-electron chi connectivity index (χ0n) is 11.0. The van der Waals surface area contributed by atoms with E-state index in [4.69, 9.17) is 10.5 Å². The third kappa shape index (κ3) is 3.45. The van der Waals surface area contributed by atoms with Gasteiger partial charge in [-0.1, -0.05) is 24.3 Å². The van der Waals surface area contributed by atoms with Crippen LogP contribution < -0.4 is 0 Å². The SMILES string of the molecule is N#Cc1ccc(CCC(O)c2ccc(C#N)cc2)cc1. The summed E-state index contributed by atoms with van der Waals surface area (Å²) in [5.74, 6) is 0. The molecule has 0 radical (unpaired) electrons. The highest BCUT2D eigenvalue weighted by molar-refractivity contribution is 5.33. The molecular weight excluding hydrogens is 248 g/mol. The molecule has 0 aliphatic carbocycles. The summed E-state index contributed by atoms with van der Waals surface area (Å²) in [5.41, 5.74) is 3.14. The van der Waals surface area contributed by atoms with Crippen LogP contribution in [0.15, 0.2) is 48.5 Å². The lowest BCUT2D eigenvalue weighted by Crippen LogP contribution is -1.99. The van der Waals surface area contributed by atoms with Gasteiger partial charge in [-0.15, -0.1) is 0 Å². The first-order chi connectivity index (χ1) is 9.72. The van der Waals surface area contributed by atoms with E-state index in [1.807, 2.05) is 12.1 Å². The molecular formula is C17H14N2O. The summed E-state index contributed by atoms with van der Waals surface area (Å²) in [7, 11) is 0. The van der Waals surface area contributed by atoms with Crippen LogP contribution in [0, 0.1) is 22.7 Å². The highest BCUT2D eigenvalue weighted by Gasteiger charge is 2.07. The Morgan fingerprint density at radius 3 is 1.85 bits per heavy atom. The highest BCUT2D eigenvalue weighted by Crippen LogP contribution is 2.19. The smallest absolute Gasteiger partial charge is 0.0991 e. The van der Waals surface area contributed by atoms with Crippen LogP contribution in [-0.2, 0) is 6.42 Å². The zero-order chi connectivity index (χ0) is 14.4. The molecule has 2 aromatic carbocycles. The molecule has 2 rings (SSSR count). The lowest BCUT2D eigenvalue weighted by Gasteiger charge is -2.11. The molecule has 98 valence electrons. The van der Waals surface area contributed by atoms with Crippen LogP contribution in [0.1, 0.15) is 34.8 Å². The van der Waals surface area contributed by atoms with Gasteiger partial charge in [0.05, 0.1) is 29.4 Å². The highest BCUT2D eigenvalue weighted by atomic mass is 16.3. The van der Waals surface area contributed by atoms with Crippen LogP contribution in [0.5, 0.6) is 0 Å². The van der Waals surface area contributed by atoms with E-state index in [-0.39, 0.29) is 0 Å². The standard InChI is InChI=1S/C17H14N2O/c18-11-14-3-1-13(2-4-14)7-10-17(20)16-8-5-15(12-19)6-9-16/h1-6,8-9,17,20H,7,10H2. The minimum atomic E-state index is -0.543. The lowest BCUT2D eigenvalue weighted by atomic mass is 10.00. The maximum Gasteiger partial charge on any atom is 0.0991 e. The van der Waals surface area contributed by atoms with Crippen molar-refractivity contribution >= 4 is 0 Å². The van der Waals surface area contributed by atoms with Gasteiger partial charge >= 0.3 is 0 Å². The molecule has 0 aliphatic rings. The van der Waals surface area contributed by atoms with Gasteiger partial charge in [0.2, 0.25) is 0 Å². The van der Waals surface area contributed by atoms with Crippen molar-refractivity contribution in [2.24, 2.45) is 0 Å². The number of nitrogens with zero attached hydrogens (tertiary/aromatic N) is 2. The van der Waals surface area contributed by atoms with Crippen LogP contribution in [0.25, 0.3) is 0 Å². The number of aliphatic hydroxyl groups is 1. The molecule has 20 heavy (non-hydrogen) atoms. The van der Waals surface area contributed by atoms with E-state index in [0.717, 1.165) is 17.5 Å². The van der Waals surface area contributed by atoms with Gasteiger partial charge in [0.25, 0.3) is 0 Å². The van der Waals surface area contributed by atoms with Gasteiger partial charge in [0, 0.05) is 0 Å². The maximum absolute atomic E-state index is 10.1. The molecule has 0 bridgehead atoms. The summed E-state index contributed by atoms with van der Waals surface area (Å²) in [6, 6.07) is 18.5. The number of aliphatic hydroxyl groups excluding tert-OH is 1. The van der Waals surface area contributed by atoms with Crippen LogP contribution >= 0.6 is 0 Å². The Hall–Kier alpha value is -2.62. The van der Waals surface area contributed by atoms with Gasteiger partial charge in [-0.05, 0) is 48.2 Å².